The first kappa shape index (κ1) is 19.9. The van der Waals surface area contributed by atoms with Crippen molar-refractivity contribution < 1.29 is 9.53 Å². The molecule has 5 nitrogen and oxygen atoms in total. The summed E-state index contributed by atoms with van der Waals surface area (Å²) in [5, 5.41) is 14.7. The van der Waals surface area contributed by atoms with E-state index in [0.717, 1.165) is 42.1 Å². The van der Waals surface area contributed by atoms with Gasteiger partial charge in [0.15, 0.2) is 0 Å². The number of hydrogen-bond acceptors (Lipinski definition) is 3. The Morgan fingerprint density at radius 2 is 2.03 bits per heavy atom. The molecule has 1 N–H and O–H groups in total. The van der Waals surface area contributed by atoms with Gasteiger partial charge in [-0.25, -0.2) is 0 Å². The minimum atomic E-state index is -0.358. The smallest absolute Gasteiger partial charge is 0.262 e. The highest BCUT2D eigenvalue weighted by molar-refractivity contribution is 6.01. The summed E-state index contributed by atoms with van der Waals surface area (Å²) in [6, 6.07) is 18.7. The van der Waals surface area contributed by atoms with Crippen LogP contribution in [0.15, 0.2) is 54.1 Å². The summed E-state index contributed by atoms with van der Waals surface area (Å²) < 4.78 is 7.68. The molecule has 0 saturated carbocycles. The molecule has 0 bridgehead atoms. The normalized spacial score (nSPS) is 16.6. The molecule has 4 rings (SSSR count). The fourth-order valence-corrected chi connectivity index (χ4v) is 4.06. The summed E-state index contributed by atoms with van der Waals surface area (Å²) in [5.41, 5.74) is 4.06. The van der Waals surface area contributed by atoms with Crippen molar-refractivity contribution >= 4 is 22.8 Å². The van der Waals surface area contributed by atoms with Gasteiger partial charge in [0.2, 0.25) is 0 Å². The number of amides is 1. The molecule has 5 heteroatoms. The second kappa shape index (κ2) is 8.56. The Kier molecular flexibility index (Phi) is 5.69. The molecule has 1 aliphatic heterocycles. The molecule has 0 radical (unpaired) electrons. The lowest BCUT2D eigenvalue weighted by molar-refractivity contribution is -0.117. The van der Waals surface area contributed by atoms with Crippen LogP contribution >= 0.6 is 0 Å². The summed E-state index contributed by atoms with van der Waals surface area (Å²) in [4.78, 5) is 12.5. The number of aryl methyl sites for hydroxylation is 1. The predicted octanol–water partition coefficient (Wildman–Crippen LogP) is 4.45. The monoisotopic (exact) mass is 399 g/mol. The van der Waals surface area contributed by atoms with E-state index in [4.69, 9.17) is 4.74 Å². The van der Waals surface area contributed by atoms with Crippen LogP contribution in [-0.2, 0) is 9.53 Å². The molecule has 1 unspecified atom stereocenters. The zero-order valence-electron chi connectivity index (χ0n) is 17.3. The van der Waals surface area contributed by atoms with Crippen LogP contribution in [0.25, 0.3) is 22.5 Å². The molecule has 1 saturated heterocycles. The Labute approximate surface area is 176 Å². The molecule has 3 aromatic rings. The van der Waals surface area contributed by atoms with Crippen molar-refractivity contribution in [2.75, 3.05) is 13.2 Å². The van der Waals surface area contributed by atoms with Gasteiger partial charge >= 0.3 is 0 Å². The Bertz CT molecular complexity index is 1160. The fourth-order valence-electron chi connectivity index (χ4n) is 4.06. The van der Waals surface area contributed by atoms with Crippen molar-refractivity contribution in [2.45, 2.75) is 32.8 Å². The number of aromatic nitrogens is 1. The first-order valence-electron chi connectivity index (χ1n) is 10.3. The maximum absolute atomic E-state index is 12.5. The zero-order chi connectivity index (χ0) is 21.1. The molecule has 0 aliphatic carbocycles. The van der Waals surface area contributed by atoms with Crippen LogP contribution in [0, 0.1) is 25.2 Å². The lowest BCUT2D eigenvalue weighted by atomic mass is 10.1. The highest BCUT2D eigenvalue weighted by Crippen LogP contribution is 2.25. The van der Waals surface area contributed by atoms with Crippen molar-refractivity contribution in [3.63, 3.8) is 0 Å². The van der Waals surface area contributed by atoms with Crippen molar-refractivity contribution in [3.8, 4) is 11.8 Å². The van der Waals surface area contributed by atoms with Crippen LogP contribution < -0.4 is 5.32 Å². The van der Waals surface area contributed by atoms with E-state index in [0.29, 0.717) is 6.54 Å². The van der Waals surface area contributed by atoms with E-state index < -0.39 is 0 Å². The van der Waals surface area contributed by atoms with Crippen molar-refractivity contribution in [1.82, 2.24) is 9.88 Å². The van der Waals surface area contributed by atoms with E-state index in [1.54, 1.807) is 6.08 Å². The van der Waals surface area contributed by atoms with Gasteiger partial charge in [-0.15, -0.1) is 0 Å². The van der Waals surface area contributed by atoms with Crippen LogP contribution in [0.3, 0.4) is 0 Å². The Balaban J connectivity index is 1.61. The van der Waals surface area contributed by atoms with Gasteiger partial charge < -0.3 is 14.6 Å². The molecule has 1 fully saturated rings. The van der Waals surface area contributed by atoms with Gasteiger partial charge in [-0.05, 0) is 67.3 Å². The molecule has 1 atom stereocenters. The fraction of sp³-hybridized carbons (Fsp3) is 0.280. The van der Waals surface area contributed by atoms with Crippen LogP contribution in [0.1, 0.15) is 29.8 Å². The van der Waals surface area contributed by atoms with Crippen molar-refractivity contribution in [1.29, 1.82) is 5.26 Å². The minimum Gasteiger partial charge on any atom is -0.376 e. The number of nitrogens with zero attached hydrogens (tertiary/aromatic N) is 2. The Morgan fingerprint density at radius 3 is 2.77 bits per heavy atom. The van der Waals surface area contributed by atoms with Gasteiger partial charge in [-0.2, -0.15) is 5.26 Å². The third-order valence-electron chi connectivity index (χ3n) is 5.64. The summed E-state index contributed by atoms with van der Waals surface area (Å²) in [5.74, 6) is -0.358. The molecular weight excluding hydrogens is 374 g/mol. The van der Waals surface area contributed by atoms with Crippen molar-refractivity contribution in [2.24, 2.45) is 0 Å². The molecule has 1 amide bonds. The number of fused-ring (bicyclic) bond motifs is 1. The first-order chi connectivity index (χ1) is 14.6. The van der Waals surface area contributed by atoms with E-state index in [1.165, 1.54) is 10.8 Å². The van der Waals surface area contributed by atoms with Crippen LogP contribution in [0.4, 0.5) is 0 Å². The summed E-state index contributed by atoms with van der Waals surface area (Å²) in [7, 11) is 0. The third-order valence-corrected chi connectivity index (χ3v) is 5.64. The number of ether oxygens (including phenoxy) is 1. The second-order valence-corrected chi connectivity index (χ2v) is 7.71. The average Bonchev–Trinajstić information content (AvgIpc) is 3.37. The molecule has 2 aromatic carbocycles. The van der Waals surface area contributed by atoms with Gasteiger partial charge in [-0.3, -0.25) is 4.79 Å². The van der Waals surface area contributed by atoms with Gasteiger partial charge in [0.05, 0.1) is 6.10 Å². The molecule has 152 valence electrons. The number of rotatable bonds is 5. The molecule has 1 aromatic heterocycles. The highest BCUT2D eigenvalue weighted by Gasteiger charge is 2.18. The van der Waals surface area contributed by atoms with Crippen LogP contribution in [0.5, 0.6) is 0 Å². The number of nitriles is 1. The summed E-state index contributed by atoms with van der Waals surface area (Å²) >= 11 is 0. The molecular formula is C25H25N3O2. The topological polar surface area (TPSA) is 67.1 Å². The molecule has 2 heterocycles. The number of hydrogen-bond donors (Lipinski definition) is 1. The number of carbonyl (C=O) groups excluding carboxylic acids is 1. The predicted molar refractivity (Wildman–Crippen MR) is 118 cm³/mol. The van der Waals surface area contributed by atoms with Crippen LogP contribution in [0.2, 0.25) is 0 Å². The Morgan fingerprint density at radius 1 is 1.23 bits per heavy atom. The lowest BCUT2D eigenvalue weighted by Gasteiger charge is -2.11. The van der Waals surface area contributed by atoms with Crippen LogP contribution in [-0.4, -0.2) is 29.7 Å². The van der Waals surface area contributed by atoms with E-state index >= 15 is 0 Å². The van der Waals surface area contributed by atoms with Gasteiger partial charge in [0, 0.05) is 30.2 Å². The highest BCUT2D eigenvalue weighted by atomic mass is 16.5. The number of carbonyl (C=O) groups is 1. The third kappa shape index (κ3) is 4.00. The maximum atomic E-state index is 12.5. The second-order valence-electron chi connectivity index (χ2n) is 7.71. The van der Waals surface area contributed by atoms with E-state index in [9.17, 15) is 10.1 Å². The van der Waals surface area contributed by atoms with Crippen molar-refractivity contribution in [3.05, 3.63) is 71.1 Å². The van der Waals surface area contributed by atoms with E-state index in [2.05, 4.69) is 40.2 Å². The average molecular weight is 399 g/mol. The van der Waals surface area contributed by atoms with E-state index in [1.807, 2.05) is 38.1 Å². The number of benzene rings is 2. The molecule has 30 heavy (non-hydrogen) atoms. The Hall–Kier alpha value is -3.36. The largest absolute Gasteiger partial charge is 0.376 e. The summed E-state index contributed by atoms with van der Waals surface area (Å²) in [6.45, 7) is 5.21. The molecule has 0 spiro atoms. The van der Waals surface area contributed by atoms with E-state index in [-0.39, 0.29) is 17.6 Å². The quantitative estimate of drug-likeness (QED) is 0.509. The standard InChI is InChI=1S/C25H25N3O2/c1-17-12-21(13-22(15-26)25(29)27-16-24-8-5-11-30-24)18(2)28(17)23-10-9-19-6-3-4-7-20(19)14-23/h3-4,6-7,9-10,12-14,24H,5,8,11,16H2,1-2H3,(H,27,29)/b22-13+. The zero-order valence-corrected chi connectivity index (χ0v) is 17.3. The van der Waals surface area contributed by atoms with Gasteiger partial charge in [0.25, 0.3) is 5.91 Å². The van der Waals surface area contributed by atoms with Gasteiger partial charge in [0.1, 0.15) is 11.6 Å². The first-order valence-corrected chi connectivity index (χ1v) is 10.3. The SMILES string of the molecule is Cc1cc(/C=C(\C#N)C(=O)NCC2CCCO2)c(C)n1-c1ccc2ccccc2c1. The maximum Gasteiger partial charge on any atom is 0.262 e. The lowest BCUT2D eigenvalue weighted by Crippen LogP contribution is -2.32. The summed E-state index contributed by atoms with van der Waals surface area (Å²) in [6.07, 6.45) is 3.68. The minimum absolute atomic E-state index is 0.0480. The number of nitrogens with one attached hydrogen (secondary N) is 1. The van der Waals surface area contributed by atoms with Gasteiger partial charge in [-0.1, -0.05) is 30.3 Å². The molecule has 1 aliphatic rings.